The Kier molecular flexibility index (Phi) is 5.68. The Morgan fingerprint density at radius 2 is 2.00 bits per heavy atom. The molecule has 20 heavy (non-hydrogen) atoms. The van der Waals surface area contributed by atoms with Gasteiger partial charge in [-0.05, 0) is 56.2 Å². The number of benzene rings is 1. The van der Waals surface area contributed by atoms with E-state index in [1.807, 2.05) is 24.3 Å². The summed E-state index contributed by atoms with van der Waals surface area (Å²) in [4.78, 5) is 2.49. The molecule has 0 saturated carbocycles. The van der Waals surface area contributed by atoms with E-state index in [0.717, 1.165) is 24.6 Å². The van der Waals surface area contributed by atoms with Gasteiger partial charge in [-0.25, -0.2) is 0 Å². The highest BCUT2D eigenvalue weighted by Gasteiger charge is 2.28. The first kappa shape index (κ1) is 15.1. The Balaban J connectivity index is 1.84. The zero-order valence-electron chi connectivity index (χ0n) is 12.5. The Bertz CT molecular complexity index is 394. The van der Waals surface area contributed by atoms with E-state index in [4.69, 9.17) is 15.2 Å². The van der Waals surface area contributed by atoms with Crippen molar-refractivity contribution in [2.45, 2.75) is 13.3 Å². The minimum Gasteiger partial charge on any atom is -0.497 e. The quantitative estimate of drug-likeness (QED) is 0.828. The fourth-order valence-electron chi connectivity index (χ4n) is 2.81. The van der Waals surface area contributed by atoms with Crippen LogP contribution >= 0.6 is 0 Å². The first-order valence-electron chi connectivity index (χ1n) is 7.46. The highest BCUT2D eigenvalue weighted by Crippen LogP contribution is 2.25. The molecule has 0 aromatic heterocycles. The predicted octanol–water partition coefficient (Wildman–Crippen LogP) is 1.99. The van der Waals surface area contributed by atoms with Crippen molar-refractivity contribution in [3.8, 4) is 11.5 Å². The van der Waals surface area contributed by atoms with E-state index in [1.54, 1.807) is 7.11 Å². The number of ether oxygens (including phenoxy) is 2. The highest BCUT2D eigenvalue weighted by molar-refractivity contribution is 5.31. The van der Waals surface area contributed by atoms with Crippen molar-refractivity contribution in [1.29, 1.82) is 0 Å². The van der Waals surface area contributed by atoms with Crippen LogP contribution in [0.2, 0.25) is 0 Å². The van der Waals surface area contributed by atoms with E-state index in [2.05, 4.69) is 11.8 Å². The molecule has 2 atom stereocenters. The van der Waals surface area contributed by atoms with Gasteiger partial charge in [0.05, 0.1) is 13.7 Å². The van der Waals surface area contributed by atoms with Crippen LogP contribution in [0.1, 0.15) is 13.3 Å². The van der Waals surface area contributed by atoms with Gasteiger partial charge in [0.2, 0.25) is 0 Å². The minimum absolute atomic E-state index is 0.439. The van der Waals surface area contributed by atoms with E-state index in [9.17, 15) is 0 Å². The Hall–Kier alpha value is -1.26. The normalized spacial score (nSPS) is 20.9. The highest BCUT2D eigenvalue weighted by atomic mass is 16.5. The fourth-order valence-corrected chi connectivity index (χ4v) is 2.81. The second-order valence-electron chi connectivity index (χ2n) is 5.42. The van der Waals surface area contributed by atoms with Crippen molar-refractivity contribution in [1.82, 2.24) is 4.90 Å². The standard InChI is InChI=1S/C16H26N2O2/c1-3-18-9-8-13(11-18)14(10-17)12-20-16-6-4-15(19-2)5-7-16/h4-7,13-14H,3,8-12,17H2,1-2H3. The molecule has 1 aromatic carbocycles. The maximum absolute atomic E-state index is 5.93. The van der Waals surface area contributed by atoms with Gasteiger partial charge in [0.25, 0.3) is 0 Å². The summed E-state index contributed by atoms with van der Waals surface area (Å²) in [6, 6.07) is 7.72. The second-order valence-corrected chi connectivity index (χ2v) is 5.42. The third-order valence-electron chi connectivity index (χ3n) is 4.25. The van der Waals surface area contributed by atoms with E-state index in [1.165, 1.54) is 13.0 Å². The molecule has 1 saturated heterocycles. The van der Waals surface area contributed by atoms with Crippen LogP contribution < -0.4 is 15.2 Å². The average Bonchev–Trinajstić information content (AvgIpc) is 2.97. The largest absolute Gasteiger partial charge is 0.497 e. The molecule has 0 bridgehead atoms. The summed E-state index contributed by atoms with van der Waals surface area (Å²) in [7, 11) is 1.67. The monoisotopic (exact) mass is 278 g/mol. The summed E-state index contributed by atoms with van der Waals surface area (Å²) >= 11 is 0. The molecule has 2 rings (SSSR count). The third-order valence-corrected chi connectivity index (χ3v) is 4.25. The first-order chi connectivity index (χ1) is 9.76. The number of rotatable bonds is 7. The molecule has 1 heterocycles. The number of methoxy groups -OCH3 is 1. The van der Waals surface area contributed by atoms with Crippen LogP contribution in [0.3, 0.4) is 0 Å². The van der Waals surface area contributed by atoms with E-state index >= 15 is 0 Å². The Morgan fingerprint density at radius 1 is 1.30 bits per heavy atom. The van der Waals surface area contributed by atoms with Crippen molar-refractivity contribution in [2.75, 3.05) is 39.9 Å². The maximum atomic E-state index is 5.93. The molecule has 0 radical (unpaired) electrons. The zero-order valence-corrected chi connectivity index (χ0v) is 12.5. The van der Waals surface area contributed by atoms with Gasteiger partial charge in [-0.3, -0.25) is 0 Å². The first-order valence-corrected chi connectivity index (χ1v) is 7.46. The van der Waals surface area contributed by atoms with Gasteiger partial charge in [-0.15, -0.1) is 0 Å². The summed E-state index contributed by atoms with van der Waals surface area (Å²) in [6.45, 7) is 7.09. The number of nitrogens with two attached hydrogens (primary N) is 1. The molecule has 1 fully saturated rings. The molecular formula is C16H26N2O2. The van der Waals surface area contributed by atoms with Crippen LogP contribution in [-0.4, -0.2) is 44.8 Å². The van der Waals surface area contributed by atoms with Gasteiger partial charge in [0.1, 0.15) is 11.5 Å². The van der Waals surface area contributed by atoms with E-state index in [-0.39, 0.29) is 0 Å². The van der Waals surface area contributed by atoms with E-state index < -0.39 is 0 Å². The Morgan fingerprint density at radius 3 is 2.55 bits per heavy atom. The van der Waals surface area contributed by atoms with Gasteiger partial charge in [-0.2, -0.15) is 0 Å². The molecule has 4 heteroatoms. The third kappa shape index (κ3) is 3.87. The Labute approximate surface area is 121 Å². The number of nitrogens with zero attached hydrogens (tertiary/aromatic N) is 1. The summed E-state index contributed by atoms with van der Waals surface area (Å²) in [5.74, 6) is 2.84. The fraction of sp³-hybridized carbons (Fsp3) is 0.625. The molecule has 0 aliphatic carbocycles. The van der Waals surface area contributed by atoms with Gasteiger partial charge in [0, 0.05) is 12.5 Å². The summed E-state index contributed by atoms with van der Waals surface area (Å²) in [5, 5.41) is 0. The summed E-state index contributed by atoms with van der Waals surface area (Å²) in [5.41, 5.74) is 5.93. The van der Waals surface area contributed by atoms with Crippen LogP contribution in [-0.2, 0) is 0 Å². The lowest BCUT2D eigenvalue weighted by Crippen LogP contribution is -2.31. The molecule has 112 valence electrons. The van der Waals surface area contributed by atoms with Crippen molar-refractivity contribution in [3.05, 3.63) is 24.3 Å². The van der Waals surface area contributed by atoms with Crippen LogP contribution in [0.4, 0.5) is 0 Å². The van der Waals surface area contributed by atoms with Crippen LogP contribution in [0.5, 0.6) is 11.5 Å². The van der Waals surface area contributed by atoms with Crippen LogP contribution in [0, 0.1) is 11.8 Å². The van der Waals surface area contributed by atoms with Crippen molar-refractivity contribution < 1.29 is 9.47 Å². The number of hydrogen-bond donors (Lipinski definition) is 1. The lowest BCUT2D eigenvalue weighted by Gasteiger charge is -2.22. The summed E-state index contributed by atoms with van der Waals surface area (Å²) in [6.07, 6.45) is 1.24. The van der Waals surface area contributed by atoms with Crippen LogP contribution in [0.25, 0.3) is 0 Å². The van der Waals surface area contributed by atoms with Crippen molar-refractivity contribution >= 4 is 0 Å². The maximum Gasteiger partial charge on any atom is 0.119 e. The zero-order chi connectivity index (χ0) is 14.4. The second kappa shape index (κ2) is 7.50. The van der Waals surface area contributed by atoms with Gasteiger partial charge in [-0.1, -0.05) is 6.92 Å². The van der Waals surface area contributed by atoms with E-state index in [0.29, 0.717) is 25.0 Å². The lowest BCUT2D eigenvalue weighted by molar-refractivity contribution is 0.196. The SMILES string of the molecule is CCN1CCC(C(CN)COc2ccc(OC)cc2)C1. The van der Waals surface area contributed by atoms with Gasteiger partial charge in [0.15, 0.2) is 0 Å². The average molecular weight is 278 g/mol. The lowest BCUT2D eigenvalue weighted by atomic mass is 9.92. The van der Waals surface area contributed by atoms with Gasteiger partial charge >= 0.3 is 0 Å². The van der Waals surface area contributed by atoms with Crippen molar-refractivity contribution in [3.63, 3.8) is 0 Å². The molecule has 0 spiro atoms. The van der Waals surface area contributed by atoms with Crippen LogP contribution in [0.15, 0.2) is 24.3 Å². The molecule has 2 unspecified atom stereocenters. The number of likely N-dealkylation sites (tertiary alicyclic amines) is 1. The van der Waals surface area contributed by atoms with Crippen molar-refractivity contribution in [2.24, 2.45) is 17.6 Å². The number of hydrogen-bond acceptors (Lipinski definition) is 4. The molecule has 2 N–H and O–H groups in total. The smallest absolute Gasteiger partial charge is 0.119 e. The molecule has 1 aromatic rings. The molecule has 1 aliphatic heterocycles. The predicted molar refractivity (Wildman–Crippen MR) is 81.3 cm³/mol. The summed E-state index contributed by atoms with van der Waals surface area (Å²) < 4.78 is 11.0. The molecule has 4 nitrogen and oxygen atoms in total. The van der Waals surface area contributed by atoms with Gasteiger partial charge < -0.3 is 20.1 Å². The minimum atomic E-state index is 0.439. The molecule has 1 aliphatic rings. The molecular weight excluding hydrogens is 252 g/mol. The molecule has 0 amide bonds. The topological polar surface area (TPSA) is 47.7 Å².